The maximum atomic E-state index is 5.66. The van der Waals surface area contributed by atoms with Crippen molar-refractivity contribution < 1.29 is 4.84 Å². The first-order valence-corrected chi connectivity index (χ1v) is 7.30. The smallest absolute Gasteiger partial charge is 0.162 e. The Hall–Kier alpha value is -3.00. The molecule has 0 amide bonds. The van der Waals surface area contributed by atoms with Crippen LogP contribution in [0.1, 0.15) is 11.1 Å². The molecule has 106 valence electrons. The summed E-state index contributed by atoms with van der Waals surface area (Å²) in [7, 11) is 0. The van der Waals surface area contributed by atoms with Crippen molar-refractivity contribution in [2.75, 3.05) is 0 Å². The quantitative estimate of drug-likeness (QED) is 0.733. The Bertz CT molecular complexity index is 837. The third-order valence-corrected chi connectivity index (χ3v) is 3.79. The Morgan fingerprint density at radius 1 is 0.636 bits per heavy atom. The van der Waals surface area contributed by atoms with Crippen LogP contribution in [0.25, 0.3) is 22.9 Å². The molecule has 0 saturated carbocycles. The molecule has 4 rings (SSSR count). The van der Waals surface area contributed by atoms with Crippen LogP contribution in [0.4, 0.5) is 0 Å². The lowest BCUT2D eigenvalue weighted by atomic mass is 9.96. The minimum atomic E-state index is 0.850. The fourth-order valence-corrected chi connectivity index (χ4v) is 2.71. The fourth-order valence-electron chi connectivity index (χ4n) is 2.71. The lowest BCUT2D eigenvalue weighted by Crippen LogP contribution is -2.20. The molecular weight excluding hydrogens is 270 g/mol. The van der Waals surface area contributed by atoms with Crippen LogP contribution in [0, 0.1) is 0 Å². The highest BCUT2D eigenvalue weighted by Crippen LogP contribution is 2.32. The second-order valence-corrected chi connectivity index (χ2v) is 5.21. The van der Waals surface area contributed by atoms with E-state index >= 15 is 0 Å². The van der Waals surface area contributed by atoms with Crippen LogP contribution in [0.2, 0.25) is 0 Å². The molecule has 3 aromatic carbocycles. The van der Waals surface area contributed by atoms with Crippen molar-refractivity contribution in [2.24, 2.45) is 0 Å². The zero-order valence-corrected chi connectivity index (χ0v) is 12.0. The minimum Gasteiger partial charge on any atom is -0.382 e. The van der Waals surface area contributed by atoms with E-state index < -0.39 is 0 Å². The number of hydrogen-bond acceptors (Lipinski definition) is 2. The van der Waals surface area contributed by atoms with E-state index in [2.05, 4.69) is 60.1 Å². The number of fused-ring (bicyclic) bond motifs is 1. The lowest BCUT2D eigenvalue weighted by molar-refractivity contribution is 0.249. The molecule has 0 aromatic heterocycles. The van der Waals surface area contributed by atoms with Crippen LogP contribution in [0.15, 0.2) is 78.9 Å². The average molecular weight is 285 g/mol. The van der Waals surface area contributed by atoms with Crippen LogP contribution in [-0.2, 0) is 0 Å². The molecule has 1 heterocycles. The van der Waals surface area contributed by atoms with Gasteiger partial charge in [0.1, 0.15) is 0 Å². The van der Waals surface area contributed by atoms with Crippen molar-refractivity contribution in [2.45, 2.75) is 0 Å². The van der Waals surface area contributed by atoms with Gasteiger partial charge in [0.15, 0.2) is 5.75 Å². The summed E-state index contributed by atoms with van der Waals surface area (Å²) in [4.78, 5) is 5.66. The van der Waals surface area contributed by atoms with Crippen molar-refractivity contribution in [1.29, 1.82) is 0 Å². The van der Waals surface area contributed by atoms with Crippen LogP contribution in [-0.4, -0.2) is 0 Å². The first-order chi connectivity index (χ1) is 10.9. The van der Waals surface area contributed by atoms with Crippen molar-refractivity contribution in [3.8, 4) is 16.9 Å². The van der Waals surface area contributed by atoms with Gasteiger partial charge in [-0.05, 0) is 23.3 Å². The van der Waals surface area contributed by atoms with Crippen LogP contribution >= 0.6 is 0 Å². The van der Waals surface area contributed by atoms with Gasteiger partial charge in [-0.25, -0.2) is 5.48 Å². The number of para-hydroxylation sites is 1. The summed E-state index contributed by atoms with van der Waals surface area (Å²) in [6, 6.07) is 26.7. The highest BCUT2D eigenvalue weighted by Gasteiger charge is 2.15. The van der Waals surface area contributed by atoms with Gasteiger partial charge in [0.25, 0.3) is 0 Å². The van der Waals surface area contributed by atoms with Crippen molar-refractivity contribution >= 4 is 11.8 Å². The van der Waals surface area contributed by atoms with E-state index in [9.17, 15) is 0 Å². The van der Waals surface area contributed by atoms with E-state index in [1.54, 1.807) is 0 Å². The maximum absolute atomic E-state index is 5.66. The molecule has 0 atom stereocenters. The maximum Gasteiger partial charge on any atom is 0.162 e. The van der Waals surface area contributed by atoms with Crippen LogP contribution in [0.3, 0.4) is 0 Å². The second kappa shape index (κ2) is 5.41. The molecule has 1 aliphatic heterocycles. The Balaban J connectivity index is 1.84. The van der Waals surface area contributed by atoms with E-state index in [1.165, 1.54) is 11.1 Å². The molecule has 2 heteroatoms. The van der Waals surface area contributed by atoms with Gasteiger partial charge in [-0.15, -0.1) is 0 Å². The summed E-state index contributed by atoms with van der Waals surface area (Å²) in [6.07, 6.45) is 2.13. The molecule has 0 aliphatic carbocycles. The highest BCUT2D eigenvalue weighted by molar-refractivity contribution is 5.89. The Morgan fingerprint density at radius 3 is 2.18 bits per heavy atom. The first kappa shape index (κ1) is 12.7. The summed E-state index contributed by atoms with van der Waals surface area (Å²) in [6.45, 7) is 0. The van der Waals surface area contributed by atoms with Gasteiger partial charge in [0.2, 0.25) is 0 Å². The van der Waals surface area contributed by atoms with Gasteiger partial charge in [0.05, 0.1) is 5.70 Å². The predicted octanol–water partition coefficient (Wildman–Crippen LogP) is 4.75. The van der Waals surface area contributed by atoms with Crippen LogP contribution in [0.5, 0.6) is 5.75 Å². The molecule has 1 aliphatic rings. The standard InChI is InChI=1S/C20H15NO/c1-2-8-15(9-3-1)17-11-5-6-12-18(17)19-14-16-10-4-7-13-20(16)22-21-19/h1-14,21H. The monoisotopic (exact) mass is 285 g/mol. The molecule has 22 heavy (non-hydrogen) atoms. The summed E-state index contributed by atoms with van der Waals surface area (Å²) in [5.74, 6) is 0.850. The number of benzene rings is 3. The summed E-state index contributed by atoms with van der Waals surface area (Å²) < 4.78 is 0. The summed E-state index contributed by atoms with van der Waals surface area (Å²) in [5.41, 5.74) is 8.62. The minimum absolute atomic E-state index is 0.850. The number of hydrogen-bond donors (Lipinski definition) is 1. The molecule has 0 fully saturated rings. The SMILES string of the molecule is C1=C(c2ccccc2-c2ccccc2)NOc2ccccc21. The van der Waals surface area contributed by atoms with E-state index in [0.29, 0.717) is 0 Å². The summed E-state index contributed by atoms with van der Waals surface area (Å²) in [5, 5.41) is 0. The van der Waals surface area contributed by atoms with Gasteiger partial charge < -0.3 is 4.84 Å². The van der Waals surface area contributed by atoms with E-state index in [-0.39, 0.29) is 0 Å². The van der Waals surface area contributed by atoms with Crippen LogP contribution < -0.4 is 10.3 Å². The Labute approximate surface area is 129 Å². The fraction of sp³-hybridized carbons (Fsp3) is 0. The molecule has 2 nitrogen and oxygen atoms in total. The molecule has 0 unspecified atom stereocenters. The van der Waals surface area contributed by atoms with Gasteiger partial charge in [-0.3, -0.25) is 0 Å². The van der Waals surface area contributed by atoms with Gasteiger partial charge in [-0.1, -0.05) is 72.8 Å². The average Bonchev–Trinajstić information content (AvgIpc) is 2.62. The Kier molecular flexibility index (Phi) is 3.13. The molecule has 0 spiro atoms. The van der Waals surface area contributed by atoms with Crippen molar-refractivity contribution in [1.82, 2.24) is 5.48 Å². The molecule has 0 bridgehead atoms. The molecule has 3 aromatic rings. The van der Waals surface area contributed by atoms with E-state index in [1.807, 2.05) is 30.3 Å². The highest BCUT2D eigenvalue weighted by atomic mass is 16.6. The van der Waals surface area contributed by atoms with Gasteiger partial charge in [-0.2, -0.15) is 0 Å². The van der Waals surface area contributed by atoms with Gasteiger partial charge >= 0.3 is 0 Å². The van der Waals surface area contributed by atoms with E-state index in [4.69, 9.17) is 4.84 Å². The van der Waals surface area contributed by atoms with Crippen molar-refractivity contribution in [3.05, 3.63) is 90.0 Å². The van der Waals surface area contributed by atoms with Gasteiger partial charge in [0, 0.05) is 11.1 Å². The normalized spacial score (nSPS) is 12.6. The van der Waals surface area contributed by atoms with E-state index in [0.717, 1.165) is 22.6 Å². The lowest BCUT2D eigenvalue weighted by Gasteiger charge is -2.21. The third-order valence-electron chi connectivity index (χ3n) is 3.79. The molecule has 0 radical (unpaired) electrons. The number of nitrogens with one attached hydrogen (secondary N) is 1. The topological polar surface area (TPSA) is 21.3 Å². The zero-order valence-electron chi connectivity index (χ0n) is 12.0. The van der Waals surface area contributed by atoms with Crippen molar-refractivity contribution in [3.63, 3.8) is 0 Å². The molecular formula is C20H15NO. The molecule has 1 N–H and O–H groups in total. The first-order valence-electron chi connectivity index (χ1n) is 7.30. The third kappa shape index (κ3) is 2.25. The second-order valence-electron chi connectivity index (χ2n) is 5.21. The predicted molar refractivity (Wildman–Crippen MR) is 90.0 cm³/mol. The summed E-state index contributed by atoms with van der Waals surface area (Å²) >= 11 is 0. The number of rotatable bonds is 2. The zero-order chi connectivity index (χ0) is 14.8. The largest absolute Gasteiger partial charge is 0.382 e. The Morgan fingerprint density at radius 2 is 1.32 bits per heavy atom. The molecule has 0 saturated heterocycles. The number of hydroxylamine groups is 1.